The first-order chi connectivity index (χ1) is 10.3. The van der Waals surface area contributed by atoms with E-state index in [4.69, 9.17) is 0 Å². The average molecular weight is 285 g/mol. The minimum absolute atomic E-state index is 0.195. The Labute approximate surface area is 125 Å². The highest BCUT2D eigenvalue weighted by atomic mass is 16.1. The van der Waals surface area contributed by atoms with Crippen molar-refractivity contribution >= 4 is 16.8 Å². The van der Waals surface area contributed by atoms with Crippen molar-refractivity contribution < 1.29 is 4.79 Å². The monoisotopic (exact) mass is 285 g/mol. The van der Waals surface area contributed by atoms with Crippen molar-refractivity contribution in [3.8, 4) is 0 Å². The molecule has 0 saturated carbocycles. The lowest BCUT2D eigenvalue weighted by molar-refractivity contribution is -0.121. The van der Waals surface area contributed by atoms with Crippen LogP contribution in [0.1, 0.15) is 19.3 Å². The number of aryl methyl sites for hydroxylation is 1. The number of nitrogens with zero attached hydrogens (tertiary/aromatic N) is 1. The second-order valence-corrected chi connectivity index (χ2v) is 5.83. The van der Waals surface area contributed by atoms with E-state index < -0.39 is 0 Å². The molecule has 4 nitrogen and oxygen atoms in total. The first-order valence-corrected chi connectivity index (χ1v) is 7.84. The van der Waals surface area contributed by atoms with Gasteiger partial charge in [0.15, 0.2) is 0 Å². The van der Waals surface area contributed by atoms with Crippen LogP contribution in [-0.4, -0.2) is 30.1 Å². The van der Waals surface area contributed by atoms with E-state index in [0.29, 0.717) is 12.3 Å². The van der Waals surface area contributed by atoms with Gasteiger partial charge in [-0.1, -0.05) is 18.2 Å². The van der Waals surface area contributed by atoms with Crippen LogP contribution in [0.15, 0.2) is 36.5 Å². The molecule has 2 aromatic rings. The molecule has 1 aliphatic rings. The van der Waals surface area contributed by atoms with Crippen LogP contribution < -0.4 is 10.6 Å². The molecule has 0 unspecified atom stereocenters. The number of para-hydroxylation sites is 1. The molecule has 21 heavy (non-hydrogen) atoms. The number of rotatable bonds is 6. The summed E-state index contributed by atoms with van der Waals surface area (Å²) < 4.78 is 2.25. The number of amides is 1. The number of aromatic nitrogens is 1. The fourth-order valence-corrected chi connectivity index (χ4v) is 3.04. The number of carbonyl (C=O) groups excluding carboxylic acids is 1. The molecule has 0 spiro atoms. The maximum Gasteiger partial charge on any atom is 0.220 e. The van der Waals surface area contributed by atoms with Gasteiger partial charge >= 0.3 is 0 Å². The lowest BCUT2D eigenvalue weighted by atomic mass is 10.0. The van der Waals surface area contributed by atoms with Crippen LogP contribution in [0, 0.1) is 5.92 Å². The zero-order valence-electron chi connectivity index (χ0n) is 12.3. The number of hydrogen-bond donors (Lipinski definition) is 2. The quantitative estimate of drug-likeness (QED) is 0.799. The second kappa shape index (κ2) is 6.76. The number of fused-ring (bicyclic) bond motifs is 1. The maximum absolute atomic E-state index is 11.8. The molecule has 1 aromatic heterocycles. The highest BCUT2D eigenvalue weighted by Gasteiger charge is 2.17. The normalized spacial score (nSPS) is 18.2. The minimum atomic E-state index is 0.195. The average Bonchev–Trinajstić information content (AvgIpc) is 3.13. The topological polar surface area (TPSA) is 46.1 Å². The summed E-state index contributed by atoms with van der Waals surface area (Å²) in [7, 11) is 0. The number of benzene rings is 1. The van der Waals surface area contributed by atoms with Crippen molar-refractivity contribution in [1.82, 2.24) is 15.2 Å². The second-order valence-electron chi connectivity index (χ2n) is 5.83. The Morgan fingerprint density at radius 3 is 3.10 bits per heavy atom. The van der Waals surface area contributed by atoms with Crippen molar-refractivity contribution in [2.75, 3.05) is 19.6 Å². The van der Waals surface area contributed by atoms with Crippen molar-refractivity contribution in [2.45, 2.75) is 25.8 Å². The molecule has 0 bridgehead atoms. The van der Waals surface area contributed by atoms with Gasteiger partial charge < -0.3 is 15.2 Å². The largest absolute Gasteiger partial charge is 0.356 e. The summed E-state index contributed by atoms with van der Waals surface area (Å²) in [6, 6.07) is 10.5. The molecule has 3 rings (SSSR count). The Morgan fingerprint density at radius 2 is 2.24 bits per heavy atom. The van der Waals surface area contributed by atoms with Crippen LogP contribution in [0.5, 0.6) is 0 Å². The molecular formula is C17H23N3O. The molecule has 1 atom stereocenters. The fraction of sp³-hybridized carbons (Fsp3) is 0.471. The fourth-order valence-electron chi connectivity index (χ4n) is 3.04. The Bertz CT molecular complexity index is 599. The van der Waals surface area contributed by atoms with Crippen molar-refractivity contribution in [3.05, 3.63) is 36.5 Å². The van der Waals surface area contributed by atoms with Gasteiger partial charge in [0.1, 0.15) is 0 Å². The van der Waals surface area contributed by atoms with E-state index in [9.17, 15) is 4.79 Å². The molecule has 1 saturated heterocycles. The van der Waals surface area contributed by atoms with Crippen LogP contribution in [0.4, 0.5) is 0 Å². The molecule has 112 valence electrons. The van der Waals surface area contributed by atoms with Gasteiger partial charge in [-0.25, -0.2) is 0 Å². The van der Waals surface area contributed by atoms with Crippen LogP contribution in [0.3, 0.4) is 0 Å². The van der Waals surface area contributed by atoms with E-state index in [0.717, 1.165) is 39.0 Å². The molecule has 1 aromatic carbocycles. The van der Waals surface area contributed by atoms with Gasteiger partial charge in [0, 0.05) is 31.2 Å². The summed E-state index contributed by atoms with van der Waals surface area (Å²) in [5, 5.41) is 7.61. The standard InChI is InChI=1S/C17H23N3O/c21-17(12-14-6-9-18-13-14)19-8-3-10-20-11-7-15-4-1-2-5-16(15)20/h1-2,4-5,7,11,14,18H,3,6,8-10,12-13H2,(H,19,21)/t14-/m1/s1. The molecule has 0 aliphatic carbocycles. The maximum atomic E-state index is 11.8. The third-order valence-corrected chi connectivity index (χ3v) is 4.21. The van der Waals surface area contributed by atoms with Gasteiger partial charge in [-0.3, -0.25) is 4.79 Å². The molecule has 1 aliphatic heterocycles. The molecular weight excluding hydrogens is 262 g/mol. The summed E-state index contributed by atoms with van der Waals surface area (Å²) in [6.45, 7) is 3.74. The van der Waals surface area contributed by atoms with E-state index in [1.54, 1.807) is 0 Å². The number of carbonyl (C=O) groups is 1. The zero-order chi connectivity index (χ0) is 14.5. The van der Waals surface area contributed by atoms with Crippen LogP contribution in [0.25, 0.3) is 10.9 Å². The summed E-state index contributed by atoms with van der Waals surface area (Å²) in [4.78, 5) is 11.8. The van der Waals surface area contributed by atoms with Crippen LogP contribution in [-0.2, 0) is 11.3 Å². The highest BCUT2D eigenvalue weighted by Crippen LogP contribution is 2.15. The predicted octanol–water partition coefficient (Wildman–Crippen LogP) is 2.15. The SMILES string of the molecule is O=C(C[C@H]1CCNC1)NCCCn1ccc2ccccc21. The van der Waals surface area contributed by atoms with Gasteiger partial charge in [-0.15, -0.1) is 0 Å². The third-order valence-electron chi connectivity index (χ3n) is 4.21. The zero-order valence-corrected chi connectivity index (χ0v) is 12.3. The first-order valence-electron chi connectivity index (χ1n) is 7.84. The molecule has 2 N–H and O–H groups in total. The summed E-state index contributed by atoms with van der Waals surface area (Å²) >= 11 is 0. The first kappa shape index (κ1) is 14.1. The van der Waals surface area contributed by atoms with E-state index >= 15 is 0 Å². The van der Waals surface area contributed by atoms with E-state index in [1.165, 1.54) is 10.9 Å². The Hall–Kier alpha value is -1.81. The van der Waals surface area contributed by atoms with Gasteiger partial charge in [0.25, 0.3) is 0 Å². The number of hydrogen-bond acceptors (Lipinski definition) is 2. The molecule has 4 heteroatoms. The Balaban J connectivity index is 1.40. The van der Waals surface area contributed by atoms with Gasteiger partial charge in [0.05, 0.1) is 0 Å². The minimum Gasteiger partial charge on any atom is -0.356 e. The summed E-state index contributed by atoms with van der Waals surface area (Å²) in [5.41, 5.74) is 1.26. The van der Waals surface area contributed by atoms with Crippen molar-refractivity contribution in [1.29, 1.82) is 0 Å². The molecule has 0 radical (unpaired) electrons. The van der Waals surface area contributed by atoms with Gasteiger partial charge in [0.2, 0.25) is 5.91 Å². The van der Waals surface area contributed by atoms with Gasteiger partial charge in [-0.05, 0) is 49.4 Å². The lowest BCUT2D eigenvalue weighted by Crippen LogP contribution is -2.27. The van der Waals surface area contributed by atoms with E-state index in [1.807, 2.05) is 0 Å². The van der Waals surface area contributed by atoms with Crippen molar-refractivity contribution in [3.63, 3.8) is 0 Å². The lowest BCUT2D eigenvalue weighted by Gasteiger charge is -2.10. The third kappa shape index (κ3) is 3.64. The molecule has 1 amide bonds. The van der Waals surface area contributed by atoms with Gasteiger partial charge in [-0.2, -0.15) is 0 Å². The van der Waals surface area contributed by atoms with E-state index in [2.05, 4.69) is 51.7 Å². The molecule has 1 fully saturated rings. The van der Waals surface area contributed by atoms with Crippen LogP contribution >= 0.6 is 0 Å². The van der Waals surface area contributed by atoms with E-state index in [-0.39, 0.29) is 5.91 Å². The Kier molecular flexibility index (Phi) is 4.55. The summed E-state index contributed by atoms with van der Waals surface area (Å²) in [5.74, 6) is 0.722. The summed E-state index contributed by atoms with van der Waals surface area (Å²) in [6.07, 6.45) is 4.88. The van der Waals surface area contributed by atoms with Crippen molar-refractivity contribution in [2.24, 2.45) is 5.92 Å². The van der Waals surface area contributed by atoms with Crippen LogP contribution in [0.2, 0.25) is 0 Å². The molecule has 2 heterocycles. The Morgan fingerprint density at radius 1 is 1.33 bits per heavy atom. The highest BCUT2D eigenvalue weighted by molar-refractivity contribution is 5.79. The smallest absolute Gasteiger partial charge is 0.220 e. The number of nitrogens with one attached hydrogen (secondary N) is 2. The predicted molar refractivity (Wildman–Crippen MR) is 85.2 cm³/mol.